The molecule has 9 heteroatoms. The van der Waals surface area contributed by atoms with Crippen LogP contribution in [0, 0.1) is 0 Å². The summed E-state index contributed by atoms with van der Waals surface area (Å²) >= 11 is 6.21. The zero-order valence-electron chi connectivity index (χ0n) is 17.3. The first-order valence-electron chi connectivity index (χ1n) is 9.99. The smallest absolute Gasteiger partial charge is 0.295 e. The van der Waals surface area contributed by atoms with E-state index < -0.39 is 17.7 Å². The van der Waals surface area contributed by atoms with Crippen molar-refractivity contribution in [2.45, 2.75) is 19.0 Å². The first-order valence-corrected chi connectivity index (χ1v) is 10.4. The van der Waals surface area contributed by atoms with E-state index in [0.717, 1.165) is 0 Å². The van der Waals surface area contributed by atoms with Gasteiger partial charge in [-0.15, -0.1) is 0 Å². The average molecular weight is 453 g/mol. The summed E-state index contributed by atoms with van der Waals surface area (Å²) in [6, 6.07) is 7.42. The van der Waals surface area contributed by atoms with Gasteiger partial charge in [0.1, 0.15) is 11.5 Å². The number of imidazole rings is 1. The van der Waals surface area contributed by atoms with E-state index in [4.69, 9.17) is 16.3 Å². The highest BCUT2D eigenvalue weighted by atomic mass is 35.5. The number of hydrogen-bond acceptors (Lipinski definition) is 6. The second-order valence-electron chi connectivity index (χ2n) is 7.28. The van der Waals surface area contributed by atoms with Crippen molar-refractivity contribution < 1.29 is 19.4 Å². The first kappa shape index (κ1) is 21.6. The predicted molar refractivity (Wildman–Crippen MR) is 118 cm³/mol. The molecule has 3 aromatic rings. The quantitative estimate of drug-likeness (QED) is 0.335. The van der Waals surface area contributed by atoms with Crippen LogP contribution in [-0.4, -0.2) is 49.9 Å². The van der Waals surface area contributed by atoms with Gasteiger partial charge in [-0.1, -0.05) is 11.6 Å². The second-order valence-corrected chi connectivity index (χ2v) is 7.68. The van der Waals surface area contributed by atoms with Crippen LogP contribution < -0.4 is 4.74 Å². The van der Waals surface area contributed by atoms with Gasteiger partial charge in [-0.3, -0.25) is 14.6 Å². The van der Waals surface area contributed by atoms with Crippen molar-refractivity contribution in [1.29, 1.82) is 0 Å². The third-order valence-electron chi connectivity index (χ3n) is 5.36. The van der Waals surface area contributed by atoms with Gasteiger partial charge in [0.05, 0.1) is 30.1 Å². The van der Waals surface area contributed by atoms with Gasteiger partial charge in [0.15, 0.2) is 0 Å². The second kappa shape index (κ2) is 9.23. The number of benzene rings is 1. The molecule has 1 aliphatic heterocycles. The fourth-order valence-electron chi connectivity index (χ4n) is 3.81. The fourth-order valence-corrected chi connectivity index (χ4v) is 4.07. The molecule has 1 saturated heterocycles. The lowest BCUT2D eigenvalue weighted by Crippen LogP contribution is -2.31. The van der Waals surface area contributed by atoms with Crippen molar-refractivity contribution in [2.75, 3.05) is 13.7 Å². The minimum absolute atomic E-state index is 0.0186. The first-order chi connectivity index (χ1) is 15.5. The molecule has 1 fully saturated rings. The molecule has 1 aliphatic rings. The lowest BCUT2D eigenvalue weighted by molar-refractivity contribution is -0.139. The number of pyridine rings is 1. The Balaban J connectivity index is 1.72. The molecule has 0 bridgehead atoms. The molecule has 1 N–H and O–H groups in total. The Morgan fingerprint density at radius 2 is 1.91 bits per heavy atom. The van der Waals surface area contributed by atoms with E-state index in [9.17, 15) is 14.7 Å². The molecule has 0 aliphatic carbocycles. The standard InChI is InChI=1S/C23H21ClN4O4/c1-32-18-4-3-16(13-17(18)24)21(29)19-20(15-5-7-25-8-6-15)28(23(31)22(19)30)11-2-10-27-12-9-26-14-27/h3-9,12-14,20,29H,2,10-11H2,1H3. The number of aryl methyl sites for hydroxylation is 1. The number of aromatic nitrogens is 3. The maximum atomic E-state index is 13.0. The van der Waals surface area contributed by atoms with Crippen LogP contribution in [0.2, 0.25) is 5.02 Å². The molecule has 0 saturated carbocycles. The number of halogens is 1. The molecule has 1 amide bonds. The highest BCUT2D eigenvalue weighted by Gasteiger charge is 2.45. The SMILES string of the molecule is COc1ccc(C(O)=C2C(=O)C(=O)N(CCCn3ccnc3)C2c2ccncc2)cc1Cl. The van der Waals surface area contributed by atoms with Gasteiger partial charge in [-0.05, 0) is 42.3 Å². The number of aliphatic hydroxyl groups is 1. The Morgan fingerprint density at radius 1 is 1.12 bits per heavy atom. The summed E-state index contributed by atoms with van der Waals surface area (Å²) in [7, 11) is 1.49. The van der Waals surface area contributed by atoms with Crippen LogP contribution in [0.15, 0.2) is 67.0 Å². The minimum Gasteiger partial charge on any atom is -0.507 e. The zero-order valence-corrected chi connectivity index (χ0v) is 18.1. The number of ketones is 1. The molecular formula is C23H21ClN4O4. The number of hydrogen-bond donors (Lipinski definition) is 1. The molecule has 0 spiro atoms. The fraction of sp³-hybridized carbons (Fsp3) is 0.217. The van der Waals surface area contributed by atoms with Gasteiger partial charge in [0.2, 0.25) is 0 Å². The summed E-state index contributed by atoms with van der Waals surface area (Å²) in [5, 5.41) is 11.4. The van der Waals surface area contributed by atoms with Crippen LogP contribution in [0.1, 0.15) is 23.6 Å². The van der Waals surface area contributed by atoms with Crippen LogP contribution in [0.4, 0.5) is 0 Å². The predicted octanol–water partition coefficient (Wildman–Crippen LogP) is 3.45. The third-order valence-corrected chi connectivity index (χ3v) is 5.66. The van der Waals surface area contributed by atoms with E-state index in [0.29, 0.717) is 36.4 Å². The summed E-state index contributed by atoms with van der Waals surface area (Å²) < 4.78 is 7.05. The average Bonchev–Trinajstić information content (AvgIpc) is 3.41. The van der Waals surface area contributed by atoms with Crippen molar-refractivity contribution in [1.82, 2.24) is 19.4 Å². The molecular weight excluding hydrogens is 432 g/mol. The van der Waals surface area contributed by atoms with Crippen LogP contribution in [0.3, 0.4) is 0 Å². The van der Waals surface area contributed by atoms with Gasteiger partial charge in [0, 0.05) is 43.4 Å². The Bertz CT molecular complexity index is 1160. The largest absolute Gasteiger partial charge is 0.507 e. The molecule has 8 nitrogen and oxygen atoms in total. The van der Waals surface area contributed by atoms with Gasteiger partial charge in [0.25, 0.3) is 11.7 Å². The van der Waals surface area contributed by atoms with Crippen molar-refractivity contribution >= 4 is 29.1 Å². The Labute approximate surface area is 189 Å². The van der Waals surface area contributed by atoms with Crippen LogP contribution in [0.5, 0.6) is 5.75 Å². The number of likely N-dealkylation sites (tertiary alicyclic amines) is 1. The monoisotopic (exact) mass is 452 g/mol. The summed E-state index contributed by atoms with van der Waals surface area (Å²) in [4.78, 5) is 35.5. The maximum absolute atomic E-state index is 13.0. The topological polar surface area (TPSA) is 97.6 Å². The van der Waals surface area contributed by atoms with Gasteiger partial charge in [-0.25, -0.2) is 4.98 Å². The normalized spacial score (nSPS) is 17.7. The molecule has 1 aromatic carbocycles. The molecule has 1 atom stereocenters. The summed E-state index contributed by atoms with van der Waals surface area (Å²) in [6.45, 7) is 0.968. The molecule has 4 rings (SSSR count). The zero-order chi connectivity index (χ0) is 22.7. The van der Waals surface area contributed by atoms with Crippen molar-refractivity contribution in [2.24, 2.45) is 0 Å². The number of carbonyl (C=O) groups is 2. The number of Topliss-reactive ketones (excluding diaryl/α,β-unsaturated/α-hetero) is 1. The van der Waals surface area contributed by atoms with Crippen molar-refractivity contribution in [3.05, 3.63) is 83.2 Å². The van der Waals surface area contributed by atoms with E-state index in [1.165, 1.54) is 18.1 Å². The van der Waals surface area contributed by atoms with E-state index in [-0.39, 0.29) is 16.4 Å². The van der Waals surface area contributed by atoms with Crippen LogP contribution >= 0.6 is 11.6 Å². The molecule has 1 unspecified atom stereocenters. The van der Waals surface area contributed by atoms with E-state index in [1.807, 2.05) is 10.8 Å². The summed E-state index contributed by atoms with van der Waals surface area (Å²) in [5.74, 6) is -1.24. The van der Waals surface area contributed by atoms with E-state index >= 15 is 0 Å². The van der Waals surface area contributed by atoms with E-state index in [1.54, 1.807) is 49.2 Å². The number of aliphatic hydroxyl groups excluding tert-OH is 1. The highest BCUT2D eigenvalue weighted by molar-refractivity contribution is 6.46. The number of rotatable bonds is 7. The highest BCUT2D eigenvalue weighted by Crippen LogP contribution is 2.40. The molecule has 2 aromatic heterocycles. The minimum atomic E-state index is -0.737. The lowest BCUT2D eigenvalue weighted by atomic mass is 9.96. The van der Waals surface area contributed by atoms with Gasteiger partial charge in [-0.2, -0.15) is 0 Å². The Kier molecular flexibility index (Phi) is 6.23. The van der Waals surface area contributed by atoms with Crippen LogP contribution in [-0.2, 0) is 16.1 Å². The number of amides is 1. The molecule has 32 heavy (non-hydrogen) atoms. The molecule has 164 valence electrons. The number of carbonyl (C=O) groups excluding carboxylic acids is 2. The Hall–Kier alpha value is -3.65. The third kappa shape index (κ3) is 4.09. The van der Waals surface area contributed by atoms with Crippen molar-refractivity contribution in [3.8, 4) is 5.75 Å². The van der Waals surface area contributed by atoms with Gasteiger partial charge < -0.3 is 19.3 Å². The number of methoxy groups -OCH3 is 1. The van der Waals surface area contributed by atoms with E-state index in [2.05, 4.69) is 9.97 Å². The van der Waals surface area contributed by atoms with Gasteiger partial charge >= 0.3 is 0 Å². The Morgan fingerprint density at radius 3 is 2.56 bits per heavy atom. The van der Waals surface area contributed by atoms with Crippen LogP contribution in [0.25, 0.3) is 5.76 Å². The number of nitrogens with zero attached hydrogens (tertiary/aromatic N) is 4. The summed E-state index contributed by atoms with van der Waals surface area (Å²) in [6.07, 6.45) is 9.00. The summed E-state index contributed by atoms with van der Waals surface area (Å²) in [5.41, 5.74) is 1.03. The number of ether oxygens (including phenoxy) is 1. The molecule has 3 heterocycles. The molecule has 0 radical (unpaired) electrons. The lowest BCUT2D eigenvalue weighted by Gasteiger charge is -2.25. The maximum Gasteiger partial charge on any atom is 0.295 e. The van der Waals surface area contributed by atoms with Crippen molar-refractivity contribution in [3.63, 3.8) is 0 Å².